The van der Waals surface area contributed by atoms with Gasteiger partial charge in [0.2, 0.25) is 0 Å². The van der Waals surface area contributed by atoms with Crippen molar-refractivity contribution in [3.8, 4) is 0 Å². The number of nitrogens with one attached hydrogen (secondary N) is 1. The van der Waals surface area contributed by atoms with Crippen LogP contribution < -0.4 is 5.32 Å². The standard InChI is InChI=1S/C26H35NO3S/c1-8-26(5,6)18-13-14-19-20(15-18)31-23(21(19)24(29)30-7)27-22(28)16-9-11-17(12-10-16)25(2,3)4/h9-12,18H,8,13-15H2,1-7H3,(H,27,28). The van der Waals surface area contributed by atoms with Gasteiger partial charge in [0.25, 0.3) is 5.91 Å². The van der Waals surface area contributed by atoms with E-state index in [2.05, 4.69) is 46.9 Å². The first-order valence-corrected chi connectivity index (χ1v) is 11.9. The molecule has 1 N–H and O–H groups in total. The number of thiophene rings is 1. The molecule has 0 spiro atoms. The second kappa shape index (κ2) is 8.78. The molecule has 0 fully saturated rings. The number of carbonyl (C=O) groups is 2. The van der Waals surface area contributed by atoms with Crippen molar-refractivity contribution >= 4 is 28.2 Å². The number of hydrogen-bond donors (Lipinski definition) is 1. The van der Waals surface area contributed by atoms with E-state index in [0.29, 0.717) is 22.0 Å². The lowest BCUT2D eigenvalue weighted by atomic mass is 9.69. The van der Waals surface area contributed by atoms with E-state index in [4.69, 9.17) is 4.74 Å². The normalized spacial score (nSPS) is 16.5. The van der Waals surface area contributed by atoms with Crippen LogP contribution in [0.15, 0.2) is 24.3 Å². The third-order valence-corrected chi connectivity index (χ3v) is 8.08. The Hall–Kier alpha value is -2.14. The number of esters is 1. The first-order valence-electron chi connectivity index (χ1n) is 11.1. The number of benzene rings is 1. The van der Waals surface area contributed by atoms with E-state index in [-0.39, 0.29) is 22.7 Å². The number of amides is 1. The Morgan fingerprint density at radius 1 is 1.13 bits per heavy atom. The van der Waals surface area contributed by atoms with Gasteiger partial charge in [-0.3, -0.25) is 4.79 Å². The molecule has 0 bridgehead atoms. The lowest BCUT2D eigenvalue weighted by Gasteiger charge is -2.36. The highest BCUT2D eigenvalue weighted by Crippen LogP contribution is 2.45. The minimum absolute atomic E-state index is 0.0304. The van der Waals surface area contributed by atoms with Gasteiger partial charge >= 0.3 is 5.97 Å². The number of rotatable bonds is 5. The van der Waals surface area contributed by atoms with E-state index in [0.717, 1.165) is 31.2 Å². The zero-order valence-electron chi connectivity index (χ0n) is 19.8. The second-order valence-corrected chi connectivity index (χ2v) is 11.4. The summed E-state index contributed by atoms with van der Waals surface area (Å²) in [7, 11) is 1.40. The summed E-state index contributed by atoms with van der Waals surface area (Å²) in [6.07, 6.45) is 3.97. The number of carbonyl (C=O) groups excluding carboxylic acids is 2. The van der Waals surface area contributed by atoms with Crippen molar-refractivity contribution in [1.82, 2.24) is 0 Å². The van der Waals surface area contributed by atoms with Crippen LogP contribution >= 0.6 is 11.3 Å². The average molecular weight is 442 g/mol. The monoisotopic (exact) mass is 441 g/mol. The summed E-state index contributed by atoms with van der Waals surface area (Å²) in [5.74, 6) is 0.00127. The molecule has 4 nitrogen and oxygen atoms in total. The maximum atomic E-state index is 13.0. The predicted molar refractivity (Wildman–Crippen MR) is 128 cm³/mol. The molecule has 2 aromatic rings. The number of methoxy groups -OCH3 is 1. The van der Waals surface area contributed by atoms with Crippen LogP contribution in [0.25, 0.3) is 0 Å². The molecule has 1 unspecified atom stereocenters. The number of fused-ring (bicyclic) bond motifs is 1. The van der Waals surface area contributed by atoms with Crippen LogP contribution in [-0.2, 0) is 23.0 Å². The van der Waals surface area contributed by atoms with Crippen LogP contribution in [-0.4, -0.2) is 19.0 Å². The molecule has 1 aliphatic rings. The zero-order chi connectivity index (χ0) is 23.0. The van der Waals surface area contributed by atoms with Crippen molar-refractivity contribution in [2.75, 3.05) is 12.4 Å². The Bertz CT molecular complexity index is 964. The molecule has 5 heteroatoms. The third kappa shape index (κ3) is 4.87. The quantitative estimate of drug-likeness (QED) is 0.530. The van der Waals surface area contributed by atoms with E-state index in [1.165, 1.54) is 28.9 Å². The Morgan fingerprint density at radius 3 is 2.32 bits per heavy atom. The summed E-state index contributed by atoms with van der Waals surface area (Å²) < 4.78 is 5.07. The molecule has 3 rings (SSSR count). The topological polar surface area (TPSA) is 55.4 Å². The van der Waals surface area contributed by atoms with Crippen molar-refractivity contribution in [2.45, 2.75) is 72.6 Å². The van der Waals surface area contributed by atoms with Gasteiger partial charge in [-0.15, -0.1) is 11.3 Å². The van der Waals surface area contributed by atoms with Crippen LogP contribution in [0.1, 0.15) is 91.1 Å². The van der Waals surface area contributed by atoms with Crippen molar-refractivity contribution < 1.29 is 14.3 Å². The predicted octanol–water partition coefficient (Wildman–Crippen LogP) is 6.63. The fraction of sp³-hybridized carbons (Fsp3) is 0.538. The van der Waals surface area contributed by atoms with Gasteiger partial charge in [0.05, 0.1) is 12.7 Å². The Kier molecular flexibility index (Phi) is 6.66. The van der Waals surface area contributed by atoms with Crippen molar-refractivity contribution in [2.24, 2.45) is 11.3 Å². The van der Waals surface area contributed by atoms with Gasteiger partial charge in [-0.05, 0) is 59.3 Å². The molecule has 31 heavy (non-hydrogen) atoms. The molecule has 1 aromatic heterocycles. The van der Waals surface area contributed by atoms with Gasteiger partial charge in [0.15, 0.2) is 0 Å². The van der Waals surface area contributed by atoms with E-state index in [9.17, 15) is 9.59 Å². The van der Waals surface area contributed by atoms with Crippen LogP contribution in [0.4, 0.5) is 5.00 Å². The first-order chi connectivity index (χ1) is 14.5. The van der Waals surface area contributed by atoms with E-state index < -0.39 is 0 Å². The molecule has 0 aliphatic heterocycles. The Balaban J connectivity index is 1.89. The molecular formula is C26H35NO3S. The van der Waals surface area contributed by atoms with Crippen LogP contribution in [0, 0.1) is 11.3 Å². The average Bonchev–Trinajstić information content (AvgIpc) is 3.09. The smallest absolute Gasteiger partial charge is 0.341 e. The Labute approximate surface area is 190 Å². The lowest BCUT2D eigenvalue weighted by molar-refractivity contribution is 0.0600. The summed E-state index contributed by atoms with van der Waals surface area (Å²) in [4.78, 5) is 26.8. The highest BCUT2D eigenvalue weighted by atomic mass is 32.1. The highest BCUT2D eigenvalue weighted by Gasteiger charge is 2.35. The molecule has 0 saturated heterocycles. The zero-order valence-corrected chi connectivity index (χ0v) is 20.7. The Morgan fingerprint density at radius 2 is 1.77 bits per heavy atom. The van der Waals surface area contributed by atoms with Crippen molar-refractivity contribution in [1.29, 1.82) is 0 Å². The SMILES string of the molecule is CCC(C)(C)C1CCc2c(sc(NC(=O)c3ccc(C(C)(C)C)cc3)c2C(=O)OC)C1. The third-order valence-electron chi connectivity index (χ3n) is 6.91. The summed E-state index contributed by atoms with van der Waals surface area (Å²) in [5, 5.41) is 3.61. The van der Waals surface area contributed by atoms with Gasteiger partial charge in [0.1, 0.15) is 5.00 Å². The van der Waals surface area contributed by atoms with E-state index in [1.807, 2.05) is 24.3 Å². The van der Waals surface area contributed by atoms with Gasteiger partial charge in [-0.1, -0.05) is 60.1 Å². The minimum atomic E-state index is -0.371. The summed E-state index contributed by atoms with van der Waals surface area (Å²) >= 11 is 1.53. The molecule has 1 amide bonds. The molecule has 1 aromatic carbocycles. The maximum absolute atomic E-state index is 13.0. The molecule has 168 valence electrons. The van der Waals surface area contributed by atoms with E-state index >= 15 is 0 Å². The fourth-order valence-corrected chi connectivity index (χ4v) is 5.56. The number of anilines is 1. The highest BCUT2D eigenvalue weighted by molar-refractivity contribution is 7.17. The van der Waals surface area contributed by atoms with Crippen molar-refractivity contribution in [3.63, 3.8) is 0 Å². The summed E-state index contributed by atoms with van der Waals surface area (Å²) in [5.41, 5.74) is 3.64. The molecule has 0 saturated carbocycles. The van der Waals surface area contributed by atoms with E-state index in [1.54, 1.807) is 0 Å². The largest absolute Gasteiger partial charge is 0.465 e. The molecule has 0 radical (unpaired) electrons. The minimum Gasteiger partial charge on any atom is -0.465 e. The summed E-state index contributed by atoms with van der Waals surface area (Å²) in [6.45, 7) is 13.3. The fourth-order valence-electron chi connectivity index (χ4n) is 4.24. The number of hydrogen-bond acceptors (Lipinski definition) is 4. The van der Waals surface area contributed by atoms with Crippen LogP contribution in [0.2, 0.25) is 0 Å². The summed E-state index contributed by atoms with van der Waals surface area (Å²) in [6, 6.07) is 7.68. The first kappa shape index (κ1) is 23.5. The van der Waals surface area contributed by atoms with Crippen molar-refractivity contribution in [3.05, 3.63) is 51.4 Å². The molecule has 1 aliphatic carbocycles. The second-order valence-electron chi connectivity index (χ2n) is 10.3. The van der Waals surface area contributed by atoms with Gasteiger partial charge in [-0.2, -0.15) is 0 Å². The van der Waals surface area contributed by atoms with Crippen LogP contribution in [0.5, 0.6) is 0 Å². The number of ether oxygens (including phenoxy) is 1. The molecule has 1 atom stereocenters. The van der Waals surface area contributed by atoms with Gasteiger partial charge in [-0.25, -0.2) is 4.79 Å². The lowest BCUT2D eigenvalue weighted by Crippen LogP contribution is -2.28. The van der Waals surface area contributed by atoms with Gasteiger partial charge < -0.3 is 10.1 Å². The molecular weight excluding hydrogens is 406 g/mol. The van der Waals surface area contributed by atoms with Gasteiger partial charge in [0, 0.05) is 10.4 Å². The van der Waals surface area contributed by atoms with Crippen LogP contribution in [0.3, 0.4) is 0 Å². The molecule has 1 heterocycles. The maximum Gasteiger partial charge on any atom is 0.341 e.